The van der Waals surface area contributed by atoms with Crippen LogP contribution in [0.15, 0.2) is 233 Å². The number of hydrogen-bond donors (Lipinski definition) is 0. The zero-order valence-electron chi connectivity index (χ0n) is 48.6. The van der Waals surface area contributed by atoms with Gasteiger partial charge in [0.25, 0.3) is 0 Å². The Bertz CT molecular complexity index is 4050. The Morgan fingerprint density at radius 1 is 0.561 bits per heavy atom. The maximum absolute atomic E-state index is 6.18. The molecule has 406 valence electrons. The van der Waals surface area contributed by atoms with Crippen LogP contribution in [-0.2, 0) is 24.7 Å². The second-order valence-corrected chi connectivity index (χ2v) is 21.6. The minimum absolute atomic E-state index is 0.208. The highest BCUT2D eigenvalue weighted by atomic mass is 16.3. The first-order valence-electron chi connectivity index (χ1n) is 28.9. The normalized spacial score (nSPS) is 14.0. The van der Waals surface area contributed by atoms with Crippen LogP contribution in [0.3, 0.4) is 0 Å². The van der Waals surface area contributed by atoms with E-state index in [-0.39, 0.29) is 5.41 Å². The van der Waals surface area contributed by atoms with Crippen molar-refractivity contribution in [3.63, 3.8) is 0 Å². The number of furan rings is 1. The number of benzene rings is 9. The molecule has 0 spiro atoms. The zero-order chi connectivity index (χ0) is 57.3. The highest BCUT2D eigenvalue weighted by Crippen LogP contribution is 2.51. The lowest BCUT2D eigenvalue weighted by atomic mass is 9.80. The van der Waals surface area contributed by atoms with E-state index < -0.39 is 0 Å². The van der Waals surface area contributed by atoms with E-state index in [1.165, 1.54) is 117 Å². The first kappa shape index (κ1) is 56.0. The Morgan fingerprint density at radius 3 is 1.84 bits per heavy atom. The summed E-state index contributed by atoms with van der Waals surface area (Å²) in [7, 11) is 0. The number of anilines is 1. The topological polar surface area (TPSA) is 41.1 Å². The molecule has 10 aromatic rings. The SMILES string of the molecule is C#C.C=N/C(=N\CN1C/C=C\C=C/Cc2cccc(-c3cc(-c4ccccc4)cc(-c4ccc5c(c4)C(C)(C)c4cc(-c6ccc7oc(C)c(CCC)c7c6)ccc4-5)c3)c21)c1ccc2c(c1)Cc1ccccc1-2.CC.Cc1ccccc1. The summed E-state index contributed by atoms with van der Waals surface area (Å²) in [6.07, 6.45) is 20.6. The van der Waals surface area contributed by atoms with Gasteiger partial charge in [-0.15, -0.1) is 12.8 Å². The lowest BCUT2D eigenvalue weighted by molar-refractivity contribution is 0.571. The van der Waals surface area contributed by atoms with Gasteiger partial charge in [-0.2, -0.15) is 0 Å². The van der Waals surface area contributed by atoms with Gasteiger partial charge in [0.2, 0.25) is 0 Å². The number of terminal acetylenes is 1. The van der Waals surface area contributed by atoms with Gasteiger partial charge in [0.15, 0.2) is 5.84 Å². The highest BCUT2D eigenvalue weighted by molar-refractivity contribution is 6.02. The molecule has 82 heavy (non-hydrogen) atoms. The number of fused-ring (bicyclic) bond motifs is 8. The van der Waals surface area contributed by atoms with Gasteiger partial charge in [0.1, 0.15) is 18.0 Å². The van der Waals surface area contributed by atoms with E-state index in [2.05, 4.69) is 264 Å². The standard InChI is InChI=1S/C67H57N3O.C7H8.C2H6.C2H2/c1-6-17-55-43(2)71-64-32-28-46(39-61(55)64)47-25-30-59-60-31-26-48(41-63(60)67(3,4)62(59)40-47)52-36-51(44-18-11-9-12-19-44)37-54(38-52)58-24-16-22-45-20-10-7-8-15-33-70(65(45)58)42-69-66(68-5)50-27-29-57-53(35-50)34-49-21-13-14-23-56(49)57;1-7-5-3-2-4-6-7;2*1-2/h7-16,18-19,21-32,35-41H,5-6,17,20,33-34,42H2,1-4H3;2-6H,1H3;1-2H3;1-2H/b10-7-,15-8-,69-66-;;;. The molecule has 1 aromatic heterocycles. The van der Waals surface area contributed by atoms with Crippen LogP contribution in [0.5, 0.6) is 0 Å². The lowest BCUT2D eigenvalue weighted by Gasteiger charge is -2.28. The molecule has 0 radical (unpaired) electrons. The third kappa shape index (κ3) is 11.3. The summed E-state index contributed by atoms with van der Waals surface area (Å²) in [5.74, 6) is 1.69. The van der Waals surface area contributed by atoms with E-state index in [1.54, 1.807) is 0 Å². The predicted molar refractivity (Wildman–Crippen MR) is 352 cm³/mol. The number of hydrogen-bond acceptors (Lipinski definition) is 3. The summed E-state index contributed by atoms with van der Waals surface area (Å²) in [4.78, 5) is 12.2. The van der Waals surface area contributed by atoms with Gasteiger partial charge in [-0.1, -0.05) is 216 Å². The van der Waals surface area contributed by atoms with Crippen LogP contribution in [0.25, 0.3) is 77.7 Å². The number of nitrogens with zero attached hydrogens (tertiary/aromatic N) is 3. The van der Waals surface area contributed by atoms with Crippen molar-refractivity contribution >= 4 is 29.2 Å². The van der Waals surface area contributed by atoms with Crippen LogP contribution in [-0.4, -0.2) is 25.8 Å². The van der Waals surface area contributed by atoms with Crippen molar-refractivity contribution in [1.29, 1.82) is 0 Å². The molecular weight excluding hydrogens is 995 g/mol. The van der Waals surface area contributed by atoms with Crippen molar-refractivity contribution in [2.45, 2.75) is 79.6 Å². The van der Waals surface area contributed by atoms with E-state index >= 15 is 0 Å². The maximum Gasteiger partial charge on any atom is 0.155 e. The summed E-state index contributed by atoms with van der Waals surface area (Å²) in [5.41, 5.74) is 27.0. The summed E-state index contributed by atoms with van der Waals surface area (Å²) in [5, 5.41) is 1.23. The second kappa shape index (κ2) is 25.0. The Kier molecular flexibility index (Phi) is 17.1. The van der Waals surface area contributed by atoms with Gasteiger partial charge in [-0.05, 0) is 177 Å². The number of allylic oxidation sites excluding steroid dienone is 3. The van der Waals surface area contributed by atoms with E-state index in [1.807, 2.05) is 32.0 Å². The molecule has 2 aliphatic carbocycles. The Balaban J connectivity index is 0.000000626. The minimum atomic E-state index is -0.208. The average molecular weight is 1070 g/mol. The van der Waals surface area contributed by atoms with Crippen LogP contribution in [0, 0.1) is 26.7 Å². The minimum Gasteiger partial charge on any atom is -0.461 e. The fourth-order valence-corrected chi connectivity index (χ4v) is 12.2. The van der Waals surface area contributed by atoms with E-state index in [9.17, 15) is 0 Å². The van der Waals surface area contributed by atoms with Gasteiger partial charge in [0.05, 0.1) is 0 Å². The molecule has 13 rings (SSSR count). The molecule has 1 aliphatic heterocycles. The largest absolute Gasteiger partial charge is 0.461 e. The van der Waals surface area contributed by atoms with E-state index in [0.29, 0.717) is 19.0 Å². The molecular formula is C78H73N3O. The van der Waals surface area contributed by atoms with Crippen LogP contribution in [0.2, 0.25) is 0 Å². The Labute approximate surface area is 487 Å². The summed E-state index contributed by atoms with van der Waals surface area (Å²) in [6.45, 7) is 20.3. The molecule has 3 aliphatic rings. The molecule has 2 heterocycles. The summed E-state index contributed by atoms with van der Waals surface area (Å²) >= 11 is 0. The van der Waals surface area contributed by atoms with Gasteiger partial charge in [0, 0.05) is 39.7 Å². The van der Waals surface area contributed by atoms with Crippen molar-refractivity contribution in [3.8, 4) is 79.6 Å². The van der Waals surface area contributed by atoms with Crippen molar-refractivity contribution in [2.24, 2.45) is 9.98 Å². The molecule has 0 bridgehead atoms. The number of rotatable bonds is 9. The predicted octanol–water partition coefficient (Wildman–Crippen LogP) is 20.1. The number of para-hydroxylation sites is 1. The molecule has 0 unspecified atom stereocenters. The fourth-order valence-electron chi connectivity index (χ4n) is 12.2. The molecule has 0 fully saturated rings. The van der Waals surface area contributed by atoms with Crippen LogP contribution < -0.4 is 4.90 Å². The highest BCUT2D eigenvalue weighted by Gasteiger charge is 2.36. The van der Waals surface area contributed by atoms with Gasteiger partial charge < -0.3 is 9.32 Å². The monoisotopic (exact) mass is 1070 g/mol. The lowest BCUT2D eigenvalue weighted by Crippen LogP contribution is -2.26. The molecule has 9 aromatic carbocycles. The molecule has 0 atom stereocenters. The van der Waals surface area contributed by atoms with Crippen molar-refractivity contribution in [2.75, 3.05) is 18.1 Å². The molecule has 0 saturated carbocycles. The smallest absolute Gasteiger partial charge is 0.155 e. The molecule has 4 nitrogen and oxygen atoms in total. The van der Waals surface area contributed by atoms with E-state index in [4.69, 9.17) is 9.41 Å². The number of aryl methyl sites for hydroxylation is 3. The van der Waals surface area contributed by atoms with Crippen LogP contribution >= 0.6 is 0 Å². The van der Waals surface area contributed by atoms with Crippen molar-refractivity contribution in [3.05, 3.63) is 269 Å². The quantitative estimate of drug-likeness (QED) is 0.0821. The van der Waals surface area contributed by atoms with Gasteiger partial charge >= 0.3 is 0 Å². The number of aliphatic imine (C=N–C) groups is 2. The van der Waals surface area contributed by atoms with E-state index in [0.717, 1.165) is 42.6 Å². The molecule has 4 heteroatoms. The van der Waals surface area contributed by atoms with Gasteiger partial charge in [-0.25, -0.2) is 9.98 Å². The third-order valence-corrected chi connectivity index (χ3v) is 16.2. The van der Waals surface area contributed by atoms with Gasteiger partial charge in [-0.3, -0.25) is 0 Å². The third-order valence-electron chi connectivity index (χ3n) is 16.2. The molecule has 0 N–H and O–H groups in total. The number of amidine groups is 1. The first-order chi connectivity index (χ1) is 40.1. The summed E-state index contributed by atoms with van der Waals surface area (Å²) < 4.78 is 6.18. The second-order valence-electron chi connectivity index (χ2n) is 21.6. The average Bonchev–Trinajstić information content (AvgIpc) is 3.05. The Morgan fingerprint density at radius 2 is 1.15 bits per heavy atom. The first-order valence-corrected chi connectivity index (χ1v) is 28.9. The zero-order valence-corrected chi connectivity index (χ0v) is 48.6. The van der Waals surface area contributed by atoms with Crippen molar-refractivity contribution in [1.82, 2.24) is 0 Å². The molecule has 0 amide bonds. The maximum atomic E-state index is 6.18. The van der Waals surface area contributed by atoms with Crippen LogP contribution in [0.4, 0.5) is 5.69 Å². The molecule has 0 saturated heterocycles. The van der Waals surface area contributed by atoms with Crippen LogP contribution in [0.1, 0.15) is 91.3 Å². The Hall–Kier alpha value is -9.30. The van der Waals surface area contributed by atoms with Crippen molar-refractivity contribution < 1.29 is 4.42 Å². The fraction of sp³-hybridized carbons (Fsp3) is 0.179. The summed E-state index contributed by atoms with van der Waals surface area (Å²) in [6, 6.07) is 71.2.